The van der Waals surface area contributed by atoms with E-state index in [4.69, 9.17) is 5.73 Å². The molecule has 9 heteroatoms. The Balaban J connectivity index is 2.02. The van der Waals surface area contributed by atoms with E-state index in [0.29, 0.717) is 5.69 Å². The normalized spacial score (nSPS) is 11.4. The number of pyridine rings is 1. The lowest BCUT2D eigenvalue weighted by molar-refractivity contribution is -0.141. The Bertz CT molecular complexity index is 993. The number of hydrogen-bond acceptors (Lipinski definition) is 4. The van der Waals surface area contributed by atoms with Gasteiger partial charge < -0.3 is 11.1 Å². The third-order valence-electron chi connectivity index (χ3n) is 3.89. The van der Waals surface area contributed by atoms with Crippen LogP contribution in [0.15, 0.2) is 42.5 Å². The van der Waals surface area contributed by atoms with Gasteiger partial charge >= 0.3 is 6.18 Å². The van der Waals surface area contributed by atoms with Gasteiger partial charge in [-0.25, -0.2) is 4.98 Å². The van der Waals surface area contributed by atoms with Crippen molar-refractivity contribution in [2.24, 2.45) is 7.05 Å². The van der Waals surface area contributed by atoms with Crippen LogP contribution >= 0.6 is 0 Å². The standard InChI is InChI=1S/C18H16F3N5O/c1-10-3-5-11(6-4-10)23-17(27)16-12(7-8-15(22)24-16)13-9-14(18(19,20)21)25-26(13)2/h3-9H,1-2H3,(H2,22,24)(H,23,27). The molecule has 140 valence electrons. The van der Waals surface area contributed by atoms with Crippen LogP contribution in [0.4, 0.5) is 24.7 Å². The van der Waals surface area contributed by atoms with Crippen molar-refractivity contribution in [2.45, 2.75) is 13.1 Å². The summed E-state index contributed by atoms with van der Waals surface area (Å²) in [5.41, 5.74) is 6.37. The van der Waals surface area contributed by atoms with Crippen molar-refractivity contribution in [3.8, 4) is 11.3 Å². The quantitative estimate of drug-likeness (QED) is 0.732. The molecule has 3 rings (SSSR count). The molecule has 0 bridgehead atoms. The maximum Gasteiger partial charge on any atom is 0.435 e. The van der Waals surface area contributed by atoms with E-state index in [2.05, 4.69) is 15.4 Å². The van der Waals surface area contributed by atoms with Gasteiger partial charge in [0.2, 0.25) is 0 Å². The van der Waals surface area contributed by atoms with Crippen LogP contribution in [0.3, 0.4) is 0 Å². The SMILES string of the molecule is Cc1ccc(NC(=O)c2nc(N)ccc2-c2cc(C(F)(F)F)nn2C)cc1. The fraction of sp³-hybridized carbons (Fsp3) is 0.167. The van der Waals surface area contributed by atoms with Gasteiger partial charge in [-0.1, -0.05) is 17.7 Å². The number of halogens is 3. The molecule has 0 radical (unpaired) electrons. The average Bonchev–Trinajstić information content (AvgIpc) is 2.99. The van der Waals surface area contributed by atoms with Gasteiger partial charge in [0.15, 0.2) is 5.69 Å². The molecular weight excluding hydrogens is 359 g/mol. The molecule has 0 aliphatic heterocycles. The first-order chi connectivity index (χ1) is 12.6. The highest BCUT2D eigenvalue weighted by atomic mass is 19.4. The molecule has 0 unspecified atom stereocenters. The third kappa shape index (κ3) is 3.91. The molecule has 3 aromatic rings. The lowest BCUT2D eigenvalue weighted by atomic mass is 10.1. The number of benzene rings is 1. The van der Waals surface area contributed by atoms with Crippen molar-refractivity contribution < 1.29 is 18.0 Å². The molecule has 27 heavy (non-hydrogen) atoms. The summed E-state index contributed by atoms with van der Waals surface area (Å²) in [5.74, 6) is -0.512. The maximum absolute atomic E-state index is 12.9. The molecule has 6 nitrogen and oxygen atoms in total. The van der Waals surface area contributed by atoms with Gasteiger partial charge in [-0.05, 0) is 37.3 Å². The second-order valence-corrected chi connectivity index (χ2v) is 5.99. The smallest absolute Gasteiger partial charge is 0.384 e. The predicted molar refractivity (Wildman–Crippen MR) is 95.0 cm³/mol. The molecular formula is C18H16F3N5O. The molecule has 0 atom stereocenters. The van der Waals surface area contributed by atoms with Gasteiger partial charge in [-0.15, -0.1) is 0 Å². The molecule has 0 aliphatic carbocycles. The molecule has 2 heterocycles. The Labute approximate surface area is 152 Å². The summed E-state index contributed by atoms with van der Waals surface area (Å²) in [7, 11) is 1.36. The number of amides is 1. The molecule has 0 fully saturated rings. The number of aromatic nitrogens is 3. The summed E-state index contributed by atoms with van der Waals surface area (Å²) < 4.78 is 39.9. The van der Waals surface area contributed by atoms with Crippen molar-refractivity contribution in [3.63, 3.8) is 0 Å². The number of alkyl halides is 3. The number of carbonyl (C=O) groups is 1. The molecule has 2 aromatic heterocycles. The third-order valence-corrected chi connectivity index (χ3v) is 3.89. The van der Waals surface area contributed by atoms with Crippen molar-refractivity contribution in [2.75, 3.05) is 11.1 Å². The summed E-state index contributed by atoms with van der Waals surface area (Å²) in [6.45, 7) is 1.91. The molecule has 0 saturated heterocycles. The average molecular weight is 375 g/mol. The minimum atomic E-state index is -4.60. The van der Waals surface area contributed by atoms with Crippen molar-refractivity contribution >= 4 is 17.4 Å². The van der Waals surface area contributed by atoms with Gasteiger partial charge in [-0.3, -0.25) is 9.48 Å². The largest absolute Gasteiger partial charge is 0.435 e. The Hall–Kier alpha value is -3.36. The second kappa shape index (κ2) is 6.75. The van der Waals surface area contributed by atoms with Gasteiger partial charge in [0.05, 0.1) is 5.69 Å². The maximum atomic E-state index is 12.9. The number of aryl methyl sites for hydroxylation is 2. The number of rotatable bonds is 3. The van der Waals surface area contributed by atoms with Gasteiger partial charge in [0, 0.05) is 18.3 Å². The van der Waals surface area contributed by atoms with Crippen LogP contribution in [0.5, 0.6) is 0 Å². The summed E-state index contributed by atoms with van der Waals surface area (Å²) in [5, 5.41) is 6.15. The highest BCUT2D eigenvalue weighted by Gasteiger charge is 2.35. The monoisotopic (exact) mass is 375 g/mol. The first-order valence-corrected chi connectivity index (χ1v) is 7.91. The van der Waals surface area contributed by atoms with E-state index in [1.54, 1.807) is 12.1 Å². The molecule has 1 aromatic carbocycles. The van der Waals surface area contributed by atoms with E-state index in [0.717, 1.165) is 16.3 Å². The summed E-state index contributed by atoms with van der Waals surface area (Å²) in [6.07, 6.45) is -4.60. The van der Waals surface area contributed by atoms with E-state index in [1.165, 1.54) is 19.2 Å². The molecule has 1 amide bonds. The Kier molecular flexibility index (Phi) is 4.61. The summed E-state index contributed by atoms with van der Waals surface area (Å²) in [6, 6.07) is 10.8. The van der Waals surface area contributed by atoms with Crippen LogP contribution in [0.1, 0.15) is 21.7 Å². The number of nitrogen functional groups attached to an aromatic ring is 1. The Morgan fingerprint density at radius 1 is 1.15 bits per heavy atom. The number of hydrogen-bond donors (Lipinski definition) is 2. The van der Waals surface area contributed by atoms with Crippen molar-refractivity contribution in [3.05, 3.63) is 59.4 Å². The van der Waals surface area contributed by atoms with Gasteiger partial charge in [0.1, 0.15) is 11.5 Å². The highest BCUT2D eigenvalue weighted by Crippen LogP contribution is 2.32. The fourth-order valence-corrected chi connectivity index (χ4v) is 2.54. The number of anilines is 2. The van der Waals surface area contributed by atoms with E-state index >= 15 is 0 Å². The number of nitrogens with one attached hydrogen (secondary N) is 1. The zero-order valence-electron chi connectivity index (χ0n) is 14.5. The zero-order chi connectivity index (χ0) is 19.8. The summed E-state index contributed by atoms with van der Waals surface area (Å²) >= 11 is 0. The Morgan fingerprint density at radius 2 is 1.81 bits per heavy atom. The molecule has 0 spiro atoms. The van der Waals surface area contributed by atoms with E-state index in [1.807, 2.05) is 19.1 Å². The van der Waals surface area contributed by atoms with Crippen LogP contribution < -0.4 is 11.1 Å². The van der Waals surface area contributed by atoms with E-state index < -0.39 is 17.8 Å². The minimum absolute atomic E-state index is 0.0750. The van der Waals surface area contributed by atoms with E-state index in [9.17, 15) is 18.0 Å². The van der Waals surface area contributed by atoms with Gasteiger partial charge in [0.25, 0.3) is 5.91 Å². The van der Waals surface area contributed by atoms with Crippen molar-refractivity contribution in [1.29, 1.82) is 0 Å². The molecule has 0 aliphatic rings. The minimum Gasteiger partial charge on any atom is -0.384 e. The summed E-state index contributed by atoms with van der Waals surface area (Å²) in [4.78, 5) is 16.7. The topological polar surface area (TPSA) is 85.8 Å². The van der Waals surface area contributed by atoms with Crippen LogP contribution in [-0.4, -0.2) is 20.7 Å². The number of carbonyl (C=O) groups excluding carboxylic acids is 1. The molecule has 3 N–H and O–H groups in total. The van der Waals surface area contributed by atoms with Gasteiger partial charge in [-0.2, -0.15) is 18.3 Å². The van der Waals surface area contributed by atoms with Crippen LogP contribution in [0.2, 0.25) is 0 Å². The molecule has 0 saturated carbocycles. The second-order valence-electron chi connectivity index (χ2n) is 5.99. The Morgan fingerprint density at radius 3 is 2.41 bits per heavy atom. The van der Waals surface area contributed by atoms with Crippen LogP contribution in [-0.2, 0) is 13.2 Å². The van der Waals surface area contributed by atoms with E-state index in [-0.39, 0.29) is 22.8 Å². The van der Waals surface area contributed by atoms with Crippen molar-refractivity contribution in [1.82, 2.24) is 14.8 Å². The first-order valence-electron chi connectivity index (χ1n) is 7.91. The highest BCUT2D eigenvalue weighted by molar-refractivity contribution is 6.07. The lowest BCUT2D eigenvalue weighted by Crippen LogP contribution is -2.16. The predicted octanol–water partition coefficient (Wildman–Crippen LogP) is 3.64. The number of nitrogens with two attached hydrogens (primary N) is 1. The van der Waals surface area contributed by atoms with Crippen LogP contribution in [0, 0.1) is 6.92 Å². The van der Waals surface area contributed by atoms with Crippen LogP contribution in [0.25, 0.3) is 11.3 Å². The first kappa shape index (κ1) is 18.4. The number of nitrogens with zero attached hydrogens (tertiary/aromatic N) is 3. The lowest BCUT2D eigenvalue weighted by Gasteiger charge is -2.10. The zero-order valence-corrected chi connectivity index (χ0v) is 14.5. The fourth-order valence-electron chi connectivity index (χ4n) is 2.54.